The van der Waals surface area contributed by atoms with Crippen molar-refractivity contribution in [3.05, 3.63) is 29.3 Å². The van der Waals surface area contributed by atoms with E-state index in [1.54, 1.807) is 18.2 Å². The van der Waals surface area contributed by atoms with E-state index in [9.17, 15) is 18.0 Å². The number of nitrogens with zero attached hydrogens (tertiary/aromatic N) is 2. The molecule has 1 aromatic rings. The minimum absolute atomic E-state index is 0.139. The van der Waals surface area contributed by atoms with E-state index in [0.717, 1.165) is 26.8 Å². The first-order valence-corrected chi connectivity index (χ1v) is 8.95. The van der Waals surface area contributed by atoms with Crippen LogP contribution in [-0.2, 0) is 14.9 Å². The van der Waals surface area contributed by atoms with Crippen molar-refractivity contribution >= 4 is 28.3 Å². The summed E-state index contributed by atoms with van der Waals surface area (Å²) in [6, 6.07) is 4.40. The molecule has 130 valence electrons. The minimum Gasteiger partial charge on any atom is -0.381 e. The molecule has 1 atom stereocenters. The van der Waals surface area contributed by atoms with Crippen LogP contribution in [0.4, 0.5) is 4.79 Å². The fraction of sp³-hybridized carbons (Fsp3) is 0.438. The molecule has 0 saturated carbocycles. The van der Waals surface area contributed by atoms with Gasteiger partial charge in [0.15, 0.2) is 0 Å². The van der Waals surface area contributed by atoms with Crippen LogP contribution < -0.4 is 4.18 Å². The van der Waals surface area contributed by atoms with Crippen LogP contribution in [-0.4, -0.2) is 55.4 Å². The van der Waals surface area contributed by atoms with Crippen LogP contribution in [0.1, 0.15) is 30.9 Å². The second-order valence-electron chi connectivity index (χ2n) is 6.11. The van der Waals surface area contributed by atoms with Gasteiger partial charge >= 0.3 is 22.1 Å². The largest absolute Gasteiger partial charge is 0.500 e. The summed E-state index contributed by atoms with van der Waals surface area (Å²) < 4.78 is 31.1. The number of benzene rings is 1. The zero-order valence-corrected chi connectivity index (χ0v) is 15.1. The highest BCUT2D eigenvalue weighted by atomic mass is 32.2. The molecule has 0 bridgehead atoms. The fourth-order valence-electron chi connectivity index (χ4n) is 2.58. The molecule has 7 nitrogen and oxygen atoms in total. The lowest BCUT2D eigenvalue weighted by molar-refractivity contribution is -0.399. The first-order chi connectivity index (χ1) is 11.0. The van der Waals surface area contributed by atoms with E-state index in [0.29, 0.717) is 5.92 Å². The van der Waals surface area contributed by atoms with E-state index in [4.69, 9.17) is 4.18 Å². The van der Waals surface area contributed by atoms with Crippen molar-refractivity contribution in [3.8, 4) is 5.75 Å². The van der Waals surface area contributed by atoms with Gasteiger partial charge in [-0.15, -0.1) is 0 Å². The van der Waals surface area contributed by atoms with Crippen molar-refractivity contribution in [1.82, 2.24) is 4.90 Å². The summed E-state index contributed by atoms with van der Waals surface area (Å²) in [7, 11) is -1.65. The van der Waals surface area contributed by atoms with Crippen LogP contribution in [0.15, 0.2) is 18.2 Å². The quantitative estimate of drug-likeness (QED) is 0.605. The fourth-order valence-corrected chi connectivity index (χ4v) is 3.80. The van der Waals surface area contributed by atoms with Crippen molar-refractivity contribution in [2.24, 2.45) is 0 Å². The monoisotopic (exact) mass is 353 g/mol. The second-order valence-corrected chi connectivity index (χ2v) is 7.77. The Balaban J connectivity index is 2.34. The van der Waals surface area contributed by atoms with Crippen LogP contribution in [0.3, 0.4) is 0 Å². The van der Waals surface area contributed by atoms with Crippen molar-refractivity contribution < 1.29 is 26.8 Å². The van der Waals surface area contributed by atoms with Crippen molar-refractivity contribution in [1.29, 1.82) is 0 Å². The van der Waals surface area contributed by atoms with Gasteiger partial charge in [-0.05, 0) is 36.1 Å². The number of aryl methyl sites for hydroxylation is 1. The lowest BCUT2D eigenvalue weighted by atomic mass is 9.98. The normalized spacial score (nSPS) is 18.8. The van der Waals surface area contributed by atoms with E-state index in [2.05, 4.69) is 0 Å². The summed E-state index contributed by atoms with van der Waals surface area (Å²) in [6.45, 7) is 5.95. The van der Waals surface area contributed by atoms with Gasteiger partial charge in [0, 0.05) is 0 Å². The lowest BCUT2D eigenvalue weighted by Crippen LogP contribution is -2.54. The highest BCUT2D eigenvalue weighted by molar-refractivity contribution is 7.89. The number of hydrogen-bond donors (Lipinski definition) is 0. The number of rotatable bonds is 4. The number of imide groups is 1. The lowest BCUT2D eigenvalue weighted by Gasteiger charge is -2.19. The number of amides is 3. The Kier molecular flexibility index (Phi) is 4.80. The maximum absolute atomic E-state index is 12.5. The molecule has 0 saturated heterocycles. The Hall–Kier alpha value is -2.22. The zero-order chi connectivity index (χ0) is 18.2. The van der Waals surface area contributed by atoms with E-state index in [-0.39, 0.29) is 5.75 Å². The summed E-state index contributed by atoms with van der Waals surface area (Å²) in [5.74, 6) is -0.397. The average Bonchev–Trinajstić information content (AvgIpc) is 2.47. The second kappa shape index (κ2) is 6.35. The molecular weight excluding hydrogens is 332 g/mol. The van der Waals surface area contributed by atoms with Gasteiger partial charge in [-0.1, -0.05) is 19.9 Å². The Bertz CT molecular complexity index is 827. The van der Waals surface area contributed by atoms with Gasteiger partial charge in [-0.25, -0.2) is 9.37 Å². The Labute approximate surface area is 141 Å². The molecule has 0 N–H and O–H groups in total. The van der Waals surface area contributed by atoms with E-state index in [1.165, 1.54) is 14.1 Å². The van der Waals surface area contributed by atoms with E-state index < -0.39 is 27.3 Å². The number of carbonyl (C=O) groups is 2. The Morgan fingerprint density at radius 3 is 2.42 bits per heavy atom. The van der Waals surface area contributed by atoms with Crippen molar-refractivity contribution in [2.75, 3.05) is 14.1 Å². The molecule has 8 heteroatoms. The minimum atomic E-state index is -4.27. The topological polar surface area (TPSA) is 83.8 Å². The third kappa shape index (κ3) is 3.33. The van der Waals surface area contributed by atoms with Crippen LogP contribution in [0.5, 0.6) is 5.75 Å². The number of carbonyl (C=O) groups excluding carboxylic acids is 2. The van der Waals surface area contributed by atoms with Gasteiger partial charge in [-0.3, -0.25) is 0 Å². The van der Waals surface area contributed by atoms with Gasteiger partial charge in [0.05, 0.1) is 14.1 Å². The summed E-state index contributed by atoms with van der Waals surface area (Å²) in [6.07, 6.45) is 1.05. The molecule has 0 radical (unpaired) electrons. The van der Waals surface area contributed by atoms with E-state index >= 15 is 0 Å². The van der Waals surface area contributed by atoms with Crippen molar-refractivity contribution in [3.63, 3.8) is 0 Å². The number of urea groups is 1. The molecule has 2 rings (SSSR count). The summed E-state index contributed by atoms with van der Waals surface area (Å²) >= 11 is 0. The van der Waals surface area contributed by atoms with Gasteiger partial charge < -0.3 is 4.18 Å². The summed E-state index contributed by atoms with van der Waals surface area (Å²) in [4.78, 5) is 24.6. The van der Waals surface area contributed by atoms with Crippen LogP contribution in [0.25, 0.3) is 0 Å². The first kappa shape index (κ1) is 18.1. The highest BCUT2D eigenvalue weighted by Gasteiger charge is 2.47. The maximum Gasteiger partial charge on any atom is 0.500 e. The SMILES string of the molecule is Cc1cc(OS(=O)(=O)C2C=[N+](C)C(=O)N(C)C2=O)ccc1C(C)C. The zero-order valence-electron chi connectivity index (χ0n) is 14.3. The smallest absolute Gasteiger partial charge is 0.381 e. The van der Waals surface area contributed by atoms with Crippen LogP contribution in [0.2, 0.25) is 0 Å². The Morgan fingerprint density at radius 2 is 1.88 bits per heavy atom. The molecule has 0 spiro atoms. The molecule has 24 heavy (non-hydrogen) atoms. The molecule has 0 fully saturated rings. The number of hydrogen-bond acceptors (Lipinski definition) is 5. The highest BCUT2D eigenvalue weighted by Crippen LogP contribution is 2.25. The van der Waals surface area contributed by atoms with Gasteiger partial charge in [0.1, 0.15) is 12.0 Å². The van der Waals surface area contributed by atoms with Crippen LogP contribution in [0, 0.1) is 6.92 Å². The Morgan fingerprint density at radius 1 is 1.25 bits per heavy atom. The third-order valence-electron chi connectivity index (χ3n) is 3.91. The predicted molar refractivity (Wildman–Crippen MR) is 89.0 cm³/mol. The molecule has 1 aliphatic heterocycles. The molecular formula is C16H21N2O5S+. The standard InChI is InChI=1S/C16H21N2O5S/c1-10(2)13-7-6-12(8-11(13)3)23-24(21,22)14-9-17(4)16(20)18(5)15(14)19/h6-10,14H,1-5H3/q+1. The van der Waals surface area contributed by atoms with Gasteiger partial charge in [0.2, 0.25) is 0 Å². The third-order valence-corrected chi connectivity index (χ3v) is 5.28. The molecule has 0 aliphatic carbocycles. The summed E-state index contributed by atoms with van der Waals surface area (Å²) in [5, 5.41) is -1.56. The molecule has 0 aromatic heterocycles. The maximum atomic E-state index is 12.5. The molecule has 1 aromatic carbocycles. The van der Waals surface area contributed by atoms with Crippen LogP contribution >= 0.6 is 0 Å². The van der Waals surface area contributed by atoms with Crippen molar-refractivity contribution in [2.45, 2.75) is 31.9 Å². The van der Waals surface area contributed by atoms with Gasteiger partial charge in [-0.2, -0.15) is 18.1 Å². The average molecular weight is 353 g/mol. The predicted octanol–water partition coefficient (Wildman–Crippen LogP) is 1.50. The molecule has 1 unspecified atom stereocenters. The first-order valence-electron chi connectivity index (χ1n) is 7.47. The van der Waals surface area contributed by atoms with Gasteiger partial charge in [0.25, 0.3) is 5.25 Å². The molecule has 1 heterocycles. The van der Waals surface area contributed by atoms with E-state index in [1.807, 2.05) is 20.8 Å². The molecule has 3 amide bonds. The molecule has 1 aliphatic rings. The summed E-state index contributed by atoms with van der Waals surface area (Å²) in [5.41, 5.74) is 1.99.